The van der Waals surface area contributed by atoms with Gasteiger partial charge in [-0.25, -0.2) is 0 Å². The molecule has 2 amide bonds. The first kappa shape index (κ1) is 20.9. The number of aryl methyl sites for hydroxylation is 1. The molecule has 2 N–H and O–H groups in total. The van der Waals surface area contributed by atoms with Gasteiger partial charge in [-0.15, -0.1) is 0 Å². The highest BCUT2D eigenvalue weighted by molar-refractivity contribution is 9.10. The quantitative estimate of drug-likeness (QED) is 0.673. The third kappa shape index (κ3) is 6.11. The fraction of sp³-hybridized carbons (Fsp3) is 0.619. The Kier molecular flexibility index (Phi) is 7.69. The maximum atomic E-state index is 12.8. The molecule has 1 atom stereocenters. The zero-order valence-electron chi connectivity index (χ0n) is 16.3. The second-order valence-corrected chi connectivity index (χ2v) is 8.96. The SMILES string of the molecule is Cc1cc(NC(=O)[C@@H](CC(C)C)NC(=O)C2CCC(C)CC2)ccc1Br. The van der Waals surface area contributed by atoms with E-state index < -0.39 is 6.04 Å². The van der Waals surface area contributed by atoms with E-state index in [0.29, 0.717) is 18.3 Å². The van der Waals surface area contributed by atoms with Gasteiger partial charge < -0.3 is 10.6 Å². The number of nitrogens with one attached hydrogen (secondary N) is 2. The summed E-state index contributed by atoms with van der Waals surface area (Å²) in [5.74, 6) is 0.963. The van der Waals surface area contributed by atoms with Crippen molar-refractivity contribution in [3.05, 3.63) is 28.2 Å². The number of hydrogen-bond acceptors (Lipinski definition) is 2. The van der Waals surface area contributed by atoms with Gasteiger partial charge in [-0.05, 0) is 74.6 Å². The fourth-order valence-corrected chi connectivity index (χ4v) is 3.71. The van der Waals surface area contributed by atoms with Crippen molar-refractivity contribution in [2.75, 3.05) is 5.32 Å². The van der Waals surface area contributed by atoms with Crippen molar-refractivity contribution in [2.45, 2.75) is 65.8 Å². The molecule has 4 nitrogen and oxygen atoms in total. The van der Waals surface area contributed by atoms with Crippen molar-refractivity contribution < 1.29 is 9.59 Å². The van der Waals surface area contributed by atoms with Crippen LogP contribution in [0.1, 0.15) is 58.4 Å². The molecule has 1 aromatic carbocycles. The van der Waals surface area contributed by atoms with Gasteiger partial charge in [0.25, 0.3) is 0 Å². The first-order chi connectivity index (χ1) is 12.3. The van der Waals surface area contributed by atoms with Crippen LogP contribution in [-0.4, -0.2) is 17.9 Å². The van der Waals surface area contributed by atoms with Crippen LogP contribution in [0.3, 0.4) is 0 Å². The standard InChI is InChI=1S/C21H31BrN2O2/c1-13(2)11-19(24-20(25)16-7-5-14(3)6-8-16)21(26)23-17-9-10-18(22)15(4)12-17/h9-10,12-14,16,19H,5-8,11H2,1-4H3,(H,23,26)(H,24,25)/t14?,16?,19-/m1/s1. The molecule has 1 aliphatic rings. The molecule has 5 heteroatoms. The van der Waals surface area contributed by atoms with E-state index in [4.69, 9.17) is 0 Å². The Morgan fingerprint density at radius 1 is 1.19 bits per heavy atom. The summed E-state index contributed by atoms with van der Waals surface area (Å²) in [6, 6.07) is 5.22. The number of anilines is 1. The second-order valence-electron chi connectivity index (χ2n) is 8.10. The van der Waals surface area contributed by atoms with Gasteiger partial charge in [0.1, 0.15) is 6.04 Å². The Morgan fingerprint density at radius 3 is 2.42 bits per heavy atom. The molecule has 0 aliphatic heterocycles. The van der Waals surface area contributed by atoms with Crippen molar-refractivity contribution in [1.82, 2.24) is 5.32 Å². The van der Waals surface area contributed by atoms with E-state index in [1.165, 1.54) is 0 Å². The van der Waals surface area contributed by atoms with Crippen molar-refractivity contribution in [3.8, 4) is 0 Å². The molecule has 1 saturated carbocycles. The van der Waals surface area contributed by atoms with E-state index in [1.54, 1.807) is 0 Å². The smallest absolute Gasteiger partial charge is 0.246 e. The van der Waals surface area contributed by atoms with Crippen molar-refractivity contribution >= 4 is 33.4 Å². The Morgan fingerprint density at radius 2 is 1.85 bits per heavy atom. The predicted molar refractivity (Wildman–Crippen MR) is 110 cm³/mol. The average Bonchev–Trinajstić information content (AvgIpc) is 2.57. The molecule has 1 fully saturated rings. The minimum Gasteiger partial charge on any atom is -0.344 e. The normalized spacial score (nSPS) is 21.3. The van der Waals surface area contributed by atoms with E-state index in [-0.39, 0.29) is 17.7 Å². The minimum atomic E-state index is -0.495. The van der Waals surface area contributed by atoms with Crippen LogP contribution in [-0.2, 0) is 9.59 Å². The van der Waals surface area contributed by atoms with Gasteiger partial charge in [-0.3, -0.25) is 9.59 Å². The molecule has 26 heavy (non-hydrogen) atoms. The number of rotatable bonds is 6. The molecular weight excluding hydrogens is 392 g/mol. The third-order valence-electron chi connectivity index (χ3n) is 5.15. The third-order valence-corrected chi connectivity index (χ3v) is 6.04. The molecule has 144 valence electrons. The maximum absolute atomic E-state index is 12.8. The monoisotopic (exact) mass is 422 g/mol. The summed E-state index contributed by atoms with van der Waals surface area (Å²) in [5, 5.41) is 5.97. The Labute approximate surface area is 165 Å². The van der Waals surface area contributed by atoms with Crippen LogP contribution < -0.4 is 10.6 Å². The van der Waals surface area contributed by atoms with E-state index in [9.17, 15) is 9.59 Å². The van der Waals surface area contributed by atoms with Gasteiger partial charge in [-0.2, -0.15) is 0 Å². The molecule has 0 radical (unpaired) electrons. The molecule has 0 heterocycles. The summed E-state index contributed by atoms with van der Waals surface area (Å²) in [4.78, 5) is 25.4. The summed E-state index contributed by atoms with van der Waals surface area (Å²) in [6.07, 6.45) is 4.68. The van der Waals surface area contributed by atoms with Gasteiger partial charge >= 0.3 is 0 Å². The van der Waals surface area contributed by atoms with Crippen molar-refractivity contribution in [2.24, 2.45) is 17.8 Å². The van der Waals surface area contributed by atoms with Gasteiger partial charge in [-0.1, -0.05) is 36.7 Å². The van der Waals surface area contributed by atoms with E-state index in [0.717, 1.165) is 41.4 Å². The van der Waals surface area contributed by atoms with E-state index in [2.05, 4.69) is 47.3 Å². The highest BCUT2D eigenvalue weighted by Crippen LogP contribution is 2.28. The first-order valence-electron chi connectivity index (χ1n) is 9.63. The van der Waals surface area contributed by atoms with Crippen molar-refractivity contribution in [3.63, 3.8) is 0 Å². The topological polar surface area (TPSA) is 58.2 Å². The summed E-state index contributed by atoms with van der Waals surface area (Å²) < 4.78 is 1.01. The van der Waals surface area contributed by atoms with Crippen LogP contribution in [0.4, 0.5) is 5.69 Å². The lowest BCUT2D eigenvalue weighted by molar-refractivity contribution is -0.130. The molecule has 1 aliphatic carbocycles. The number of carbonyl (C=O) groups is 2. The van der Waals surface area contributed by atoms with E-state index >= 15 is 0 Å². The van der Waals surface area contributed by atoms with Crippen molar-refractivity contribution in [1.29, 1.82) is 0 Å². The van der Waals surface area contributed by atoms with Crippen LogP contribution in [0, 0.1) is 24.7 Å². The number of benzene rings is 1. The molecule has 0 saturated heterocycles. The molecule has 2 rings (SSSR count). The van der Waals surface area contributed by atoms with Gasteiger partial charge in [0.2, 0.25) is 11.8 Å². The van der Waals surface area contributed by atoms with Gasteiger partial charge in [0, 0.05) is 16.1 Å². The van der Waals surface area contributed by atoms with Gasteiger partial charge in [0.15, 0.2) is 0 Å². The van der Waals surface area contributed by atoms with Crippen LogP contribution >= 0.6 is 15.9 Å². The zero-order chi connectivity index (χ0) is 19.3. The second kappa shape index (κ2) is 9.54. The molecule has 0 aromatic heterocycles. The van der Waals surface area contributed by atoms with Crippen LogP contribution in [0.5, 0.6) is 0 Å². The Bertz CT molecular complexity index is 637. The summed E-state index contributed by atoms with van der Waals surface area (Å²) in [6.45, 7) is 8.36. The summed E-state index contributed by atoms with van der Waals surface area (Å²) in [5.41, 5.74) is 1.81. The molecule has 0 spiro atoms. The number of hydrogen-bond donors (Lipinski definition) is 2. The van der Waals surface area contributed by atoms with Crippen LogP contribution in [0.25, 0.3) is 0 Å². The largest absolute Gasteiger partial charge is 0.344 e. The van der Waals surface area contributed by atoms with Gasteiger partial charge in [0.05, 0.1) is 0 Å². The summed E-state index contributed by atoms with van der Waals surface area (Å²) >= 11 is 3.47. The van der Waals surface area contributed by atoms with Crippen LogP contribution in [0.15, 0.2) is 22.7 Å². The molecule has 0 unspecified atom stereocenters. The Hall–Kier alpha value is -1.36. The van der Waals surface area contributed by atoms with Crippen LogP contribution in [0.2, 0.25) is 0 Å². The average molecular weight is 423 g/mol. The zero-order valence-corrected chi connectivity index (χ0v) is 17.9. The highest BCUT2D eigenvalue weighted by atomic mass is 79.9. The lowest BCUT2D eigenvalue weighted by Crippen LogP contribution is -2.47. The number of amides is 2. The summed E-state index contributed by atoms with van der Waals surface area (Å²) in [7, 11) is 0. The minimum absolute atomic E-state index is 0.0321. The molecule has 0 bridgehead atoms. The highest BCUT2D eigenvalue weighted by Gasteiger charge is 2.28. The first-order valence-corrected chi connectivity index (χ1v) is 10.4. The number of halogens is 1. The number of carbonyl (C=O) groups excluding carboxylic acids is 2. The lowest BCUT2D eigenvalue weighted by atomic mass is 9.82. The molecule has 1 aromatic rings. The Balaban J connectivity index is 2.01. The fourth-order valence-electron chi connectivity index (χ4n) is 3.47. The van der Waals surface area contributed by atoms with E-state index in [1.807, 2.05) is 25.1 Å². The molecular formula is C21H31BrN2O2. The predicted octanol–water partition coefficient (Wildman–Crippen LogP) is 5.05. The maximum Gasteiger partial charge on any atom is 0.246 e. The lowest BCUT2D eigenvalue weighted by Gasteiger charge is -2.28.